The second-order valence-corrected chi connectivity index (χ2v) is 5.22. The number of likely N-dealkylation sites (tertiary alicyclic amines) is 1. The summed E-state index contributed by atoms with van der Waals surface area (Å²) in [5, 5.41) is 4.40. The zero-order chi connectivity index (χ0) is 14.0. The molecule has 1 unspecified atom stereocenters. The summed E-state index contributed by atoms with van der Waals surface area (Å²) in [6.07, 6.45) is 4.33. The van der Waals surface area contributed by atoms with Crippen LogP contribution in [-0.4, -0.2) is 40.9 Å². The molecule has 5 heteroatoms. The van der Waals surface area contributed by atoms with Crippen molar-refractivity contribution in [1.82, 2.24) is 14.7 Å². The fourth-order valence-corrected chi connectivity index (χ4v) is 2.64. The van der Waals surface area contributed by atoms with E-state index in [-0.39, 0.29) is 0 Å². The Morgan fingerprint density at radius 3 is 2.84 bits per heavy atom. The van der Waals surface area contributed by atoms with Crippen LogP contribution in [0.1, 0.15) is 31.0 Å². The molecule has 106 valence electrons. The van der Waals surface area contributed by atoms with Crippen molar-refractivity contribution in [2.45, 2.75) is 32.7 Å². The van der Waals surface area contributed by atoms with Gasteiger partial charge in [-0.1, -0.05) is 6.08 Å². The van der Waals surface area contributed by atoms with Crippen LogP contribution in [0.5, 0.6) is 5.88 Å². The van der Waals surface area contributed by atoms with Crippen LogP contribution in [-0.2, 0) is 7.05 Å². The van der Waals surface area contributed by atoms with Gasteiger partial charge in [-0.25, -0.2) is 4.68 Å². The number of hydrogen-bond donors (Lipinski definition) is 1. The van der Waals surface area contributed by atoms with E-state index in [1.807, 2.05) is 27.0 Å². The van der Waals surface area contributed by atoms with Gasteiger partial charge in [-0.05, 0) is 40.3 Å². The van der Waals surface area contributed by atoms with E-state index in [1.165, 1.54) is 12.8 Å². The fraction of sp³-hybridized carbons (Fsp3) is 0.643. The number of rotatable bonds is 4. The van der Waals surface area contributed by atoms with E-state index in [1.54, 1.807) is 4.68 Å². The molecule has 1 aliphatic rings. The van der Waals surface area contributed by atoms with Gasteiger partial charge >= 0.3 is 0 Å². The molecule has 0 radical (unpaired) electrons. The van der Waals surface area contributed by atoms with Gasteiger partial charge in [-0.3, -0.25) is 0 Å². The quantitative estimate of drug-likeness (QED) is 0.896. The van der Waals surface area contributed by atoms with Crippen molar-refractivity contribution in [1.29, 1.82) is 0 Å². The van der Waals surface area contributed by atoms with Crippen LogP contribution in [0.2, 0.25) is 0 Å². The number of aryl methyl sites for hydroxylation is 2. The number of nitrogens with zero attached hydrogens (tertiary/aromatic N) is 3. The van der Waals surface area contributed by atoms with Crippen molar-refractivity contribution in [3.8, 4) is 5.88 Å². The maximum atomic E-state index is 6.04. The average Bonchev–Trinajstić information content (AvgIpc) is 2.90. The summed E-state index contributed by atoms with van der Waals surface area (Å²) in [5.41, 5.74) is 8.59. The second-order valence-electron chi connectivity index (χ2n) is 5.22. The molecule has 1 aromatic heterocycles. The molecule has 19 heavy (non-hydrogen) atoms. The summed E-state index contributed by atoms with van der Waals surface area (Å²) in [4.78, 5) is 2.35. The van der Waals surface area contributed by atoms with Crippen molar-refractivity contribution >= 4 is 5.70 Å². The van der Waals surface area contributed by atoms with E-state index >= 15 is 0 Å². The number of ether oxygens (including phenoxy) is 1. The monoisotopic (exact) mass is 264 g/mol. The topological polar surface area (TPSA) is 56.3 Å². The Kier molecular flexibility index (Phi) is 4.14. The Morgan fingerprint density at radius 1 is 1.53 bits per heavy atom. The van der Waals surface area contributed by atoms with Crippen LogP contribution in [0.15, 0.2) is 6.08 Å². The standard InChI is InChI=1S/C14H24N4O/c1-5-12(15)13-10(2)16-18(4)14(13)19-9-11-7-6-8-17(11)3/h5,11H,6-9,15H2,1-4H3/b12-5-. The highest BCUT2D eigenvalue weighted by atomic mass is 16.5. The molecule has 0 bridgehead atoms. The molecule has 2 heterocycles. The van der Waals surface area contributed by atoms with E-state index in [0.29, 0.717) is 12.6 Å². The van der Waals surface area contributed by atoms with Crippen molar-refractivity contribution in [3.05, 3.63) is 17.3 Å². The first kappa shape index (κ1) is 13.9. The lowest BCUT2D eigenvalue weighted by Gasteiger charge is -2.20. The third-order valence-electron chi connectivity index (χ3n) is 3.85. The van der Waals surface area contributed by atoms with Gasteiger partial charge in [0.15, 0.2) is 0 Å². The van der Waals surface area contributed by atoms with Crippen LogP contribution in [0.4, 0.5) is 0 Å². The molecule has 1 fully saturated rings. The summed E-state index contributed by atoms with van der Waals surface area (Å²) in [6, 6.07) is 0.495. The Hall–Kier alpha value is -1.49. The molecule has 2 N–H and O–H groups in total. The summed E-state index contributed by atoms with van der Waals surface area (Å²) in [6.45, 7) is 5.73. The Morgan fingerprint density at radius 2 is 2.26 bits per heavy atom. The smallest absolute Gasteiger partial charge is 0.221 e. The Bertz CT molecular complexity index is 478. The van der Waals surface area contributed by atoms with Gasteiger partial charge < -0.3 is 15.4 Å². The molecule has 1 saturated heterocycles. The number of aromatic nitrogens is 2. The van der Waals surface area contributed by atoms with Gasteiger partial charge in [0.05, 0.1) is 11.3 Å². The van der Waals surface area contributed by atoms with Crippen LogP contribution in [0, 0.1) is 6.92 Å². The van der Waals surface area contributed by atoms with Gasteiger partial charge in [0.1, 0.15) is 6.61 Å². The molecule has 0 amide bonds. The summed E-state index contributed by atoms with van der Waals surface area (Å²) in [7, 11) is 4.05. The third kappa shape index (κ3) is 2.76. The average molecular weight is 264 g/mol. The molecule has 0 saturated carbocycles. The zero-order valence-electron chi connectivity index (χ0n) is 12.3. The molecular weight excluding hydrogens is 240 g/mol. The van der Waals surface area contributed by atoms with Crippen LogP contribution in [0.25, 0.3) is 5.70 Å². The van der Waals surface area contributed by atoms with Crippen LogP contribution >= 0.6 is 0 Å². The first-order chi connectivity index (χ1) is 9.04. The number of likely N-dealkylation sites (N-methyl/N-ethyl adjacent to an activating group) is 1. The minimum absolute atomic E-state index is 0.495. The largest absolute Gasteiger partial charge is 0.476 e. The molecule has 1 aromatic rings. The third-order valence-corrected chi connectivity index (χ3v) is 3.85. The Labute approximate surface area is 115 Å². The summed E-state index contributed by atoms with van der Waals surface area (Å²) >= 11 is 0. The van der Waals surface area contributed by atoms with Crippen molar-refractivity contribution in [2.75, 3.05) is 20.2 Å². The molecule has 0 aromatic carbocycles. The van der Waals surface area contributed by atoms with E-state index in [4.69, 9.17) is 10.5 Å². The lowest BCUT2D eigenvalue weighted by molar-refractivity contribution is 0.187. The molecule has 1 aliphatic heterocycles. The van der Waals surface area contributed by atoms with E-state index in [0.717, 1.165) is 29.4 Å². The van der Waals surface area contributed by atoms with Gasteiger partial charge in [0, 0.05) is 18.8 Å². The summed E-state index contributed by atoms with van der Waals surface area (Å²) in [5.74, 6) is 0.772. The van der Waals surface area contributed by atoms with Crippen molar-refractivity contribution in [2.24, 2.45) is 12.8 Å². The lowest BCUT2D eigenvalue weighted by atomic mass is 10.2. The predicted molar refractivity (Wildman–Crippen MR) is 76.9 cm³/mol. The summed E-state index contributed by atoms with van der Waals surface area (Å²) < 4.78 is 7.78. The number of nitrogens with two attached hydrogens (primary N) is 1. The first-order valence-corrected chi connectivity index (χ1v) is 6.83. The predicted octanol–water partition coefficient (Wildman–Crippen LogP) is 1.52. The molecule has 0 aliphatic carbocycles. The number of hydrogen-bond acceptors (Lipinski definition) is 4. The Balaban J connectivity index is 2.15. The van der Waals surface area contributed by atoms with Crippen molar-refractivity contribution < 1.29 is 4.74 Å². The fourth-order valence-electron chi connectivity index (χ4n) is 2.64. The lowest BCUT2D eigenvalue weighted by Crippen LogP contribution is -2.31. The maximum Gasteiger partial charge on any atom is 0.221 e. The highest BCUT2D eigenvalue weighted by molar-refractivity contribution is 5.68. The van der Waals surface area contributed by atoms with Crippen LogP contribution in [0.3, 0.4) is 0 Å². The van der Waals surface area contributed by atoms with Gasteiger partial charge in [-0.15, -0.1) is 0 Å². The molecule has 0 spiro atoms. The SMILES string of the molecule is C/C=C(\N)c1c(C)nn(C)c1OCC1CCCN1C. The number of allylic oxidation sites excluding steroid dienone is 1. The molecule has 2 rings (SSSR count). The van der Waals surface area contributed by atoms with E-state index in [2.05, 4.69) is 17.0 Å². The van der Waals surface area contributed by atoms with Gasteiger partial charge in [0.2, 0.25) is 5.88 Å². The van der Waals surface area contributed by atoms with E-state index in [9.17, 15) is 0 Å². The van der Waals surface area contributed by atoms with Gasteiger partial charge in [-0.2, -0.15) is 5.10 Å². The zero-order valence-corrected chi connectivity index (χ0v) is 12.3. The highest BCUT2D eigenvalue weighted by Gasteiger charge is 2.23. The normalized spacial score (nSPS) is 21.1. The maximum absolute atomic E-state index is 6.04. The molecule has 5 nitrogen and oxygen atoms in total. The molecule has 1 atom stereocenters. The minimum atomic E-state index is 0.495. The molecular formula is C14H24N4O. The van der Waals surface area contributed by atoms with Gasteiger partial charge in [0.25, 0.3) is 0 Å². The second kappa shape index (κ2) is 5.65. The highest BCUT2D eigenvalue weighted by Crippen LogP contribution is 2.27. The van der Waals surface area contributed by atoms with E-state index < -0.39 is 0 Å². The first-order valence-electron chi connectivity index (χ1n) is 6.83. The minimum Gasteiger partial charge on any atom is -0.476 e. The van der Waals surface area contributed by atoms with Crippen molar-refractivity contribution in [3.63, 3.8) is 0 Å². The van der Waals surface area contributed by atoms with Crippen LogP contribution < -0.4 is 10.5 Å².